The van der Waals surface area contributed by atoms with Crippen LogP contribution in [0.3, 0.4) is 0 Å². The highest BCUT2D eigenvalue weighted by Gasteiger charge is 2.29. The van der Waals surface area contributed by atoms with E-state index in [9.17, 15) is 9.59 Å². The van der Waals surface area contributed by atoms with Crippen LogP contribution in [0.4, 0.5) is 20.6 Å². The van der Waals surface area contributed by atoms with Gasteiger partial charge in [-0.2, -0.15) is 0 Å². The van der Waals surface area contributed by atoms with E-state index in [1.54, 1.807) is 43.3 Å². The first-order chi connectivity index (χ1) is 20.4. The number of carbonyl (C=O) groups excluding carboxylic acids is 2. The van der Waals surface area contributed by atoms with Gasteiger partial charge in [-0.1, -0.05) is 12.1 Å². The molecule has 0 fully saturated rings. The summed E-state index contributed by atoms with van der Waals surface area (Å²) in [6, 6.07) is 15.5. The molecular formula is C30H29FN6O4S. The van der Waals surface area contributed by atoms with Gasteiger partial charge in [-0.05, 0) is 42.0 Å². The van der Waals surface area contributed by atoms with Crippen LogP contribution in [0.15, 0.2) is 78.0 Å². The molecule has 3 heterocycles. The molecule has 0 bridgehead atoms. The lowest BCUT2D eigenvalue weighted by Gasteiger charge is -2.12. The minimum Gasteiger partial charge on any atom is -0.453 e. The highest BCUT2D eigenvalue weighted by Crippen LogP contribution is 2.50. The Balaban J connectivity index is 1.20. The first kappa shape index (κ1) is 29.0. The van der Waals surface area contributed by atoms with E-state index in [1.165, 1.54) is 30.3 Å². The minimum atomic E-state index is -0.648. The molecule has 0 spiro atoms. The van der Waals surface area contributed by atoms with Gasteiger partial charge in [-0.15, -0.1) is 11.8 Å². The fraction of sp³-hybridized carbons (Fsp3) is 0.200. The molecule has 10 nitrogen and oxygen atoms in total. The van der Waals surface area contributed by atoms with Gasteiger partial charge in [0.25, 0.3) is 0 Å². The molecule has 0 aliphatic carbocycles. The van der Waals surface area contributed by atoms with Crippen molar-refractivity contribution in [3.63, 3.8) is 0 Å². The molecule has 2 aromatic carbocycles. The molecule has 216 valence electrons. The summed E-state index contributed by atoms with van der Waals surface area (Å²) in [5.41, 5.74) is 9.01. The number of methoxy groups -OCH3 is 1. The molecule has 42 heavy (non-hydrogen) atoms. The number of carbonyl (C=O) groups is 2. The summed E-state index contributed by atoms with van der Waals surface area (Å²) in [5.74, 6) is -0.752. The molecule has 1 atom stereocenters. The summed E-state index contributed by atoms with van der Waals surface area (Å²) in [7, 11) is 1.67. The van der Waals surface area contributed by atoms with Crippen molar-refractivity contribution in [2.24, 2.45) is 5.73 Å². The van der Waals surface area contributed by atoms with Crippen molar-refractivity contribution >= 4 is 35.1 Å². The van der Waals surface area contributed by atoms with Crippen LogP contribution in [0.1, 0.15) is 32.6 Å². The highest BCUT2D eigenvalue weighted by molar-refractivity contribution is 8.00. The third-order valence-electron chi connectivity index (χ3n) is 6.39. The zero-order valence-corrected chi connectivity index (χ0v) is 23.5. The second kappa shape index (κ2) is 13.4. The van der Waals surface area contributed by atoms with E-state index in [2.05, 4.69) is 32.0 Å². The molecule has 3 amide bonds. The van der Waals surface area contributed by atoms with Crippen LogP contribution in [0.2, 0.25) is 0 Å². The Hall–Kier alpha value is -4.52. The van der Waals surface area contributed by atoms with Gasteiger partial charge in [0.2, 0.25) is 5.91 Å². The van der Waals surface area contributed by atoms with Crippen LogP contribution >= 0.6 is 11.8 Å². The number of pyridine rings is 2. The summed E-state index contributed by atoms with van der Waals surface area (Å²) >= 11 is 1.59. The lowest BCUT2D eigenvalue weighted by molar-refractivity contribution is 0.1000. The number of benzene rings is 2. The Kier molecular flexibility index (Phi) is 9.27. The first-order valence-corrected chi connectivity index (χ1v) is 14.0. The standard InChI is InChI=1S/C30H29FN6O4S/c1-40-12-11-33-16-18-5-7-23(35-17-18)27-15-24-28(42-27)26(9-10-34-24)41-25-8-6-21(14-22(25)31)37-30(39)36-20-4-2-3-19(13-20)29(32)38/h2-10,13-14,17,27,33H,11-12,15-16H2,1H3,(H2,32,38)(H2,36,37,39). The SMILES string of the molecule is COCCNCc1ccc(C2Cc3nccc(Oc4ccc(NC(=O)Nc5cccc(C(N)=O)c5)cc4F)c3S2)nc1. The van der Waals surface area contributed by atoms with Crippen molar-refractivity contribution in [2.75, 3.05) is 30.9 Å². The molecule has 4 aromatic rings. The first-order valence-electron chi connectivity index (χ1n) is 13.1. The molecule has 2 aromatic heterocycles. The summed E-state index contributed by atoms with van der Waals surface area (Å²) < 4.78 is 26.0. The Morgan fingerprint density at radius 2 is 1.88 bits per heavy atom. The maximum atomic E-state index is 15.0. The second-order valence-corrected chi connectivity index (χ2v) is 10.6. The largest absolute Gasteiger partial charge is 0.453 e. The quantitative estimate of drug-likeness (QED) is 0.174. The van der Waals surface area contributed by atoms with E-state index in [4.69, 9.17) is 15.2 Å². The van der Waals surface area contributed by atoms with Crippen molar-refractivity contribution in [3.8, 4) is 11.5 Å². The smallest absolute Gasteiger partial charge is 0.323 e. The van der Waals surface area contributed by atoms with E-state index in [0.29, 0.717) is 31.0 Å². The number of primary amides is 1. The van der Waals surface area contributed by atoms with Gasteiger partial charge in [0.15, 0.2) is 11.6 Å². The van der Waals surface area contributed by atoms with Crippen molar-refractivity contribution < 1.29 is 23.5 Å². The maximum Gasteiger partial charge on any atom is 0.323 e. The summed E-state index contributed by atoms with van der Waals surface area (Å²) in [6.45, 7) is 2.13. The maximum absolute atomic E-state index is 15.0. The Morgan fingerprint density at radius 3 is 2.62 bits per heavy atom. The number of ether oxygens (including phenoxy) is 2. The van der Waals surface area contributed by atoms with Gasteiger partial charge in [0, 0.05) is 68.1 Å². The molecule has 12 heteroatoms. The number of halogens is 1. The monoisotopic (exact) mass is 588 g/mol. The fourth-order valence-electron chi connectivity index (χ4n) is 4.31. The van der Waals surface area contributed by atoms with Crippen LogP contribution in [-0.4, -0.2) is 42.2 Å². The van der Waals surface area contributed by atoms with E-state index in [0.717, 1.165) is 28.4 Å². The number of anilines is 2. The van der Waals surface area contributed by atoms with E-state index < -0.39 is 17.8 Å². The normalized spacial score (nSPS) is 13.8. The molecule has 0 saturated carbocycles. The van der Waals surface area contributed by atoms with Crippen LogP contribution < -0.4 is 26.4 Å². The lowest BCUT2D eigenvalue weighted by Crippen LogP contribution is -2.20. The molecule has 1 aliphatic heterocycles. The number of nitrogens with one attached hydrogen (secondary N) is 3. The van der Waals surface area contributed by atoms with E-state index in [1.807, 2.05) is 12.3 Å². The van der Waals surface area contributed by atoms with Gasteiger partial charge < -0.3 is 31.2 Å². The third kappa shape index (κ3) is 7.21. The predicted molar refractivity (Wildman–Crippen MR) is 158 cm³/mol. The predicted octanol–water partition coefficient (Wildman–Crippen LogP) is 5.28. The average Bonchev–Trinajstić information content (AvgIpc) is 3.43. The highest BCUT2D eigenvalue weighted by atomic mass is 32.2. The number of urea groups is 1. The second-order valence-electron chi connectivity index (χ2n) is 9.43. The van der Waals surface area contributed by atoms with Crippen LogP contribution in [0.5, 0.6) is 11.5 Å². The van der Waals surface area contributed by atoms with E-state index >= 15 is 4.39 Å². The Bertz CT molecular complexity index is 1590. The number of thioether (sulfide) groups is 1. The van der Waals surface area contributed by atoms with Crippen molar-refractivity contribution in [1.82, 2.24) is 15.3 Å². The number of amides is 3. The Labute approximate surface area is 246 Å². The number of fused-ring (bicyclic) bond motifs is 1. The van der Waals surface area contributed by atoms with Gasteiger partial charge >= 0.3 is 6.03 Å². The molecule has 5 N–H and O–H groups in total. The van der Waals surface area contributed by atoms with E-state index in [-0.39, 0.29) is 22.3 Å². The molecule has 5 rings (SSSR count). The topological polar surface area (TPSA) is 140 Å². The van der Waals surface area contributed by atoms with Crippen molar-refractivity contribution in [1.29, 1.82) is 0 Å². The Morgan fingerprint density at radius 1 is 1.05 bits per heavy atom. The van der Waals surface area contributed by atoms with Crippen LogP contribution in [-0.2, 0) is 17.7 Å². The van der Waals surface area contributed by atoms with Gasteiger partial charge in [-0.25, -0.2) is 9.18 Å². The molecule has 1 unspecified atom stereocenters. The zero-order valence-electron chi connectivity index (χ0n) is 22.7. The zero-order chi connectivity index (χ0) is 29.5. The number of nitrogens with two attached hydrogens (primary N) is 1. The minimum absolute atomic E-state index is 0.0102. The molecule has 0 radical (unpaired) electrons. The van der Waals surface area contributed by atoms with Crippen molar-refractivity contribution in [3.05, 3.63) is 101 Å². The molecular weight excluding hydrogens is 559 g/mol. The number of rotatable bonds is 11. The fourth-order valence-corrected chi connectivity index (χ4v) is 5.59. The lowest BCUT2D eigenvalue weighted by atomic mass is 10.1. The molecule has 0 saturated heterocycles. The third-order valence-corrected chi connectivity index (χ3v) is 7.75. The number of hydrogen-bond donors (Lipinski definition) is 4. The van der Waals surface area contributed by atoms with Gasteiger partial charge in [0.1, 0.15) is 5.75 Å². The number of hydrogen-bond acceptors (Lipinski definition) is 8. The average molecular weight is 589 g/mol. The van der Waals surface area contributed by atoms with Crippen LogP contribution in [0, 0.1) is 5.82 Å². The van der Waals surface area contributed by atoms with Crippen molar-refractivity contribution in [2.45, 2.75) is 23.1 Å². The summed E-state index contributed by atoms with van der Waals surface area (Å²) in [4.78, 5) is 33.8. The summed E-state index contributed by atoms with van der Waals surface area (Å²) in [6.07, 6.45) is 4.19. The van der Waals surface area contributed by atoms with Gasteiger partial charge in [0.05, 0.1) is 28.1 Å². The van der Waals surface area contributed by atoms with Gasteiger partial charge in [-0.3, -0.25) is 14.8 Å². The number of aromatic nitrogens is 2. The molecule has 1 aliphatic rings. The van der Waals surface area contributed by atoms with Crippen LogP contribution in [0.25, 0.3) is 0 Å². The number of nitrogens with zero attached hydrogens (tertiary/aromatic N) is 2. The summed E-state index contributed by atoms with van der Waals surface area (Å²) in [5, 5.41) is 8.52.